The maximum Gasteiger partial charge on any atom is 0.282 e. The number of thiophene rings is 1. The van der Waals surface area contributed by atoms with Crippen molar-refractivity contribution in [1.29, 1.82) is 0 Å². The average Bonchev–Trinajstić information content (AvgIpc) is 3.15. The monoisotopic (exact) mass is 421 g/mol. The molecule has 154 valence electrons. The summed E-state index contributed by atoms with van der Waals surface area (Å²) in [5.74, 6) is -2.33. The van der Waals surface area contributed by atoms with E-state index in [0.29, 0.717) is 33.9 Å². The number of nitrogens with one attached hydrogen (secondary N) is 1. The summed E-state index contributed by atoms with van der Waals surface area (Å²) in [7, 11) is 1.50. The molecule has 0 unspecified atom stereocenters. The Balaban J connectivity index is 1.66. The molecule has 0 spiro atoms. The molecule has 5 nitrogen and oxygen atoms in total. The lowest BCUT2D eigenvalue weighted by Crippen LogP contribution is -2.28. The van der Waals surface area contributed by atoms with Crippen LogP contribution >= 0.6 is 11.3 Å². The van der Waals surface area contributed by atoms with Crippen molar-refractivity contribution in [2.75, 3.05) is 13.7 Å². The van der Waals surface area contributed by atoms with Gasteiger partial charge >= 0.3 is 0 Å². The summed E-state index contributed by atoms with van der Waals surface area (Å²) in [6.45, 7) is 2.28. The largest absolute Gasteiger partial charge is 0.493 e. The van der Waals surface area contributed by atoms with E-state index in [1.807, 2.05) is 6.92 Å². The van der Waals surface area contributed by atoms with Gasteiger partial charge in [-0.2, -0.15) is 5.48 Å². The minimum atomic E-state index is -3.15. The van der Waals surface area contributed by atoms with Gasteiger partial charge in [-0.05, 0) is 36.6 Å². The average molecular weight is 421 g/mol. The molecule has 0 saturated carbocycles. The number of fused-ring (bicyclic) bond motifs is 1. The molecule has 0 fully saturated rings. The zero-order valence-electron chi connectivity index (χ0n) is 16.0. The van der Waals surface area contributed by atoms with Gasteiger partial charge in [-0.15, -0.1) is 11.3 Å². The molecule has 3 rings (SSSR count). The van der Waals surface area contributed by atoms with Crippen LogP contribution in [0, 0.1) is 0 Å². The summed E-state index contributed by atoms with van der Waals surface area (Å²) in [5.41, 5.74) is 2.18. The van der Waals surface area contributed by atoms with E-state index < -0.39 is 18.3 Å². The van der Waals surface area contributed by atoms with Crippen LogP contribution < -0.4 is 19.8 Å². The molecule has 29 heavy (non-hydrogen) atoms. The van der Waals surface area contributed by atoms with Gasteiger partial charge < -0.3 is 14.3 Å². The first-order valence-electron chi connectivity index (χ1n) is 9.06. The highest BCUT2D eigenvalue weighted by Crippen LogP contribution is 2.43. The van der Waals surface area contributed by atoms with Crippen LogP contribution in [0.25, 0.3) is 10.1 Å². The van der Waals surface area contributed by atoms with Crippen molar-refractivity contribution in [2.24, 2.45) is 0 Å². The van der Waals surface area contributed by atoms with Gasteiger partial charge in [0.15, 0.2) is 17.2 Å². The Kier molecular flexibility index (Phi) is 6.53. The third kappa shape index (κ3) is 5.14. The number of methoxy groups -OCH3 is 1. The summed E-state index contributed by atoms with van der Waals surface area (Å²) in [5, 5.41) is 0.641. The van der Waals surface area contributed by atoms with E-state index in [9.17, 15) is 13.6 Å². The van der Waals surface area contributed by atoms with Crippen LogP contribution in [0.2, 0.25) is 0 Å². The summed E-state index contributed by atoms with van der Waals surface area (Å²) >= 11 is 0.977. The molecule has 3 aromatic rings. The summed E-state index contributed by atoms with van der Waals surface area (Å²) < 4.78 is 40.8. The third-order valence-electron chi connectivity index (χ3n) is 4.15. The first-order chi connectivity index (χ1) is 13.9. The molecule has 0 bridgehead atoms. The number of halogens is 2. The second kappa shape index (κ2) is 9.09. The Labute approximate surface area is 171 Å². The van der Waals surface area contributed by atoms with Crippen LogP contribution in [0.4, 0.5) is 8.78 Å². The first kappa shape index (κ1) is 20.9. The van der Waals surface area contributed by atoms with Crippen LogP contribution in [0.3, 0.4) is 0 Å². The van der Waals surface area contributed by atoms with E-state index in [2.05, 4.69) is 5.48 Å². The van der Waals surface area contributed by atoms with Gasteiger partial charge in [0.1, 0.15) is 0 Å². The van der Waals surface area contributed by atoms with Crippen LogP contribution in [-0.4, -0.2) is 19.6 Å². The molecule has 0 aliphatic carbocycles. The van der Waals surface area contributed by atoms with Crippen molar-refractivity contribution in [3.8, 4) is 17.2 Å². The third-order valence-corrected chi connectivity index (χ3v) is 5.36. The van der Waals surface area contributed by atoms with Gasteiger partial charge in [0, 0.05) is 23.6 Å². The maximum atomic E-state index is 14.7. The van der Waals surface area contributed by atoms with Crippen molar-refractivity contribution in [3.63, 3.8) is 0 Å². The highest BCUT2D eigenvalue weighted by atomic mass is 32.1. The molecule has 1 N–H and O–H groups in total. The molecule has 0 aliphatic heterocycles. The van der Waals surface area contributed by atoms with Crippen LogP contribution in [-0.2, 0) is 10.7 Å². The molecule has 1 heterocycles. The Morgan fingerprint density at radius 2 is 1.90 bits per heavy atom. The van der Waals surface area contributed by atoms with E-state index in [1.165, 1.54) is 13.2 Å². The number of hydrogen-bond acceptors (Lipinski definition) is 5. The van der Waals surface area contributed by atoms with Gasteiger partial charge in [0.2, 0.25) is 0 Å². The number of hydroxylamine groups is 1. The van der Waals surface area contributed by atoms with Crippen LogP contribution in [0.15, 0.2) is 48.5 Å². The second-order valence-corrected chi connectivity index (χ2v) is 7.31. The molecule has 8 heteroatoms. The van der Waals surface area contributed by atoms with Gasteiger partial charge in [-0.25, -0.2) is 8.78 Å². The number of hydrogen-bond donors (Lipinski definition) is 1. The quantitative estimate of drug-likeness (QED) is 0.477. The molecule has 2 aromatic carbocycles. The van der Waals surface area contributed by atoms with Crippen LogP contribution in [0.1, 0.15) is 24.6 Å². The van der Waals surface area contributed by atoms with Crippen molar-refractivity contribution in [2.45, 2.75) is 25.7 Å². The van der Waals surface area contributed by atoms with Gasteiger partial charge in [0.25, 0.3) is 11.8 Å². The summed E-state index contributed by atoms with van der Waals surface area (Å²) in [6, 6.07) is 13.4. The zero-order valence-corrected chi connectivity index (χ0v) is 16.9. The second-order valence-electron chi connectivity index (χ2n) is 6.23. The SMILES string of the molecule is CCOc1cc2sc(C(F)(F)CCC(=O)NOc3ccccc3)cc2cc1OC. The number of benzene rings is 2. The van der Waals surface area contributed by atoms with E-state index in [-0.39, 0.29) is 11.3 Å². The van der Waals surface area contributed by atoms with Crippen molar-refractivity contribution >= 4 is 27.3 Å². The fourth-order valence-electron chi connectivity index (χ4n) is 2.70. The topological polar surface area (TPSA) is 56.8 Å². The molecule has 0 radical (unpaired) electrons. The Morgan fingerprint density at radius 1 is 1.14 bits per heavy atom. The van der Waals surface area contributed by atoms with E-state index in [4.69, 9.17) is 14.3 Å². The molecule has 1 amide bonds. The summed E-state index contributed by atoms with van der Waals surface area (Å²) in [6.07, 6.45) is -0.999. The summed E-state index contributed by atoms with van der Waals surface area (Å²) in [4.78, 5) is 16.8. The Hall–Kier alpha value is -2.87. The number of ether oxygens (including phenoxy) is 2. The number of carbonyl (C=O) groups is 1. The molecular weight excluding hydrogens is 400 g/mol. The van der Waals surface area contributed by atoms with E-state index >= 15 is 0 Å². The highest BCUT2D eigenvalue weighted by Gasteiger charge is 2.34. The molecule has 0 atom stereocenters. The predicted molar refractivity (Wildman–Crippen MR) is 108 cm³/mol. The van der Waals surface area contributed by atoms with Gasteiger partial charge in [-0.1, -0.05) is 18.2 Å². The molecule has 0 aliphatic rings. The fourth-order valence-corrected chi connectivity index (χ4v) is 3.78. The Morgan fingerprint density at radius 3 is 2.59 bits per heavy atom. The molecular formula is C21H21F2NO4S. The number of amides is 1. The fraction of sp³-hybridized carbons (Fsp3) is 0.286. The smallest absolute Gasteiger partial charge is 0.282 e. The Bertz CT molecular complexity index is 975. The van der Waals surface area contributed by atoms with E-state index in [0.717, 1.165) is 11.3 Å². The minimum absolute atomic E-state index is 0.111. The van der Waals surface area contributed by atoms with Gasteiger partial charge in [0.05, 0.1) is 18.6 Å². The van der Waals surface area contributed by atoms with Crippen molar-refractivity contribution in [3.05, 3.63) is 53.4 Å². The van der Waals surface area contributed by atoms with Crippen molar-refractivity contribution in [1.82, 2.24) is 5.48 Å². The van der Waals surface area contributed by atoms with Crippen molar-refractivity contribution < 1.29 is 27.9 Å². The number of alkyl halides is 2. The lowest BCUT2D eigenvalue weighted by molar-refractivity contribution is -0.129. The number of para-hydroxylation sites is 1. The lowest BCUT2D eigenvalue weighted by Gasteiger charge is -2.14. The standard InChI is InChI=1S/C21H21F2NO4S/c1-3-27-17-13-18-14(11-16(17)26-2)12-19(29-18)21(22,23)10-9-20(25)24-28-15-7-5-4-6-8-15/h4-8,11-13H,3,9-10H2,1-2H3,(H,24,25). The zero-order chi connectivity index (χ0) is 20.9. The van der Waals surface area contributed by atoms with Gasteiger partial charge in [-0.3, -0.25) is 4.79 Å². The highest BCUT2D eigenvalue weighted by molar-refractivity contribution is 7.19. The number of rotatable bonds is 9. The first-order valence-corrected chi connectivity index (χ1v) is 9.88. The number of carbonyl (C=O) groups excluding carboxylic acids is 1. The predicted octanol–water partition coefficient (Wildman–Crippen LogP) is 5.29. The lowest BCUT2D eigenvalue weighted by atomic mass is 10.1. The maximum absolute atomic E-state index is 14.7. The molecule has 1 aromatic heterocycles. The van der Waals surface area contributed by atoms with E-state index in [1.54, 1.807) is 42.5 Å². The normalized spacial score (nSPS) is 11.3. The minimum Gasteiger partial charge on any atom is -0.493 e. The molecule has 0 saturated heterocycles. The van der Waals surface area contributed by atoms with Crippen LogP contribution in [0.5, 0.6) is 17.2 Å².